The van der Waals surface area contributed by atoms with Crippen molar-refractivity contribution in [2.75, 3.05) is 6.54 Å². The van der Waals surface area contributed by atoms with Crippen LogP contribution in [0.15, 0.2) is 47.1 Å². The summed E-state index contributed by atoms with van der Waals surface area (Å²) in [7, 11) is 0. The van der Waals surface area contributed by atoms with Crippen molar-refractivity contribution in [3.8, 4) is 0 Å². The van der Waals surface area contributed by atoms with Crippen LogP contribution in [0.2, 0.25) is 0 Å². The maximum absolute atomic E-state index is 13.6. The first-order chi connectivity index (χ1) is 11.5. The highest BCUT2D eigenvalue weighted by molar-refractivity contribution is 9.10. The number of nitrogens with one attached hydrogen (secondary N) is 1. The van der Waals surface area contributed by atoms with Crippen LogP contribution in [0.1, 0.15) is 17.2 Å². The molecule has 0 aliphatic heterocycles. The van der Waals surface area contributed by atoms with Gasteiger partial charge in [-0.05, 0) is 27.6 Å². The van der Waals surface area contributed by atoms with E-state index in [1.165, 1.54) is 12.3 Å². The van der Waals surface area contributed by atoms with Gasteiger partial charge in [0.1, 0.15) is 18.8 Å². The van der Waals surface area contributed by atoms with E-state index in [4.69, 9.17) is 4.74 Å². The van der Waals surface area contributed by atoms with Gasteiger partial charge in [0.15, 0.2) is 0 Å². The molecule has 0 aliphatic carbocycles. The highest BCUT2D eigenvalue weighted by Gasteiger charge is 2.23. The van der Waals surface area contributed by atoms with Gasteiger partial charge < -0.3 is 20.3 Å². The minimum atomic E-state index is -1.54. The zero-order valence-electron chi connectivity index (χ0n) is 12.5. The number of pyridine rings is 1. The summed E-state index contributed by atoms with van der Waals surface area (Å²) in [4.78, 5) is 15.0. The highest BCUT2D eigenvalue weighted by atomic mass is 79.9. The Morgan fingerprint density at radius 1 is 1.33 bits per heavy atom. The Kier molecular flexibility index (Phi) is 6.65. The number of aromatic nitrogens is 1. The lowest BCUT2D eigenvalue weighted by atomic mass is 10.1. The summed E-state index contributed by atoms with van der Waals surface area (Å²) < 4.78 is 19.0. The fraction of sp³-hybridized carbons (Fsp3) is 0.250. The molecule has 128 valence electrons. The number of amides is 1. The lowest BCUT2D eigenvalue weighted by Crippen LogP contribution is -2.36. The van der Waals surface area contributed by atoms with Gasteiger partial charge in [-0.15, -0.1) is 0 Å². The molecule has 0 bridgehead atoms. The van der Waals surface area contributed by atoms with E-state index in [-0.39, 0.29) is 18.7 Å². The molecular weight excluding hydrogens is 383 g/mol. The topological polar surface area (TPSA) is 91.7 Å². The molecule has 2 atom stereocenters. The van der Waals surface area contributed by atoms with E-state index >= 15 is 0 Å². The molecule has 0 fully saturated rings. The fourth-order valence-corrected chi connectivity index (χ4v) is 2.28. The molecule has 2 aromatic rings. The van der Waals surface area contributed by atoms with Gasteiger partial charge >= 0.3 is 6.09 Å². The van der Waals surface area contributed by atoms with Crippen LogP contribution in [0.5, 0.6) is 0 Å². The predicted molar refractivity (Wildman–Crippen MR) is 87.5 cm³/mol. The third kappa shape index (κ3) is 5.26. The van der Waals surface area contributed by atoms with Gasteiger partial charge in [-0.25, -0.2) is 9.78 Å². The number of hydrogen-bond donors (Lipinski definition) is 3. The number of hydrogen-bond acceptors (Lipinski definition) is 5. The molecular formula is C16H16BrFN2O4. The van der Waals surface area contributed by atoms with Crippen LogP contribution < -0.4 is 5.32 Å². The molecule has 1 aromatic carbocycles. The quantitative estimate of drug-likeness (QED) is 0.649. The van der Waals surface area contributed by atoms with Gasteiger partial charge in [0.05, 0.1) is 0 Å². The molecule has 0 aliphatic rings. The third-order valence-corrected chi connectivity index (χ3v) is 3.62. The van der Waals surface area contributed by atoms with Crippen LogP contribution in [0.25, 0.3) is 0 Å². The monoisotopic (exact) mass is 398 g/mol. The second-order valence-electron chi connectivity index (χ2n) is 4.99. The molecule has 0 radical (unpaired) electrons. The Hall–Kier alpha value is -2.03. The summed E-state index contributed by atoms with van der Waals surface area (Å²) in [5, 5.41) is 22.2. The molecule has 0 saturated carbocycles. The first kappa shape index (κ1) is 18.3. The lowest BCUT2D eigenvalue weighted by Gasteiger charge is -2.19. The van der Waals surface area contributed by atoms with E-state index in [1.54, 1.807) is 12.1 Å². The fourth-order valence-electron chi connectivity index (χ4n) is 1.93. The summed E-state index contributed by atoms with van der Waals surface area (Å²) in [6.45, 7) is -0.226. The minimum absolute atomic E-state index is 0.0789. The van der Waals surface area contributed by atoms with Gasteiger partial charge in [-0.3, -0.25) is 0 Å². The van der Waals surface area contributed by atoms with Crippen LogP contribution in [0, 0.1) is 5.95 Å². The normalized spacial score (nSPS) is 13.2. The molecule has 1 amide bonds. The van der Waals surface area contributed by atoms with Gasteiger partial charge in [0.25, 0.3) is 0 Å². The first-order valence-electron chi connectivity index (χ1n) is 7.09. The summed E-state index contributed by atoms with van der Waals surface area (Å²) in [6, 6.07) is 10.4. The van der Waals surface area contributed by atoms with Crippen LogP contribution in [-0.2, 0) is 11.3 Å². The zero-order chi connectivity index (χ0) is 17.5. The standard InChI is InChI=1S/C16H16BrFN2O4/c17-11-6-12(15(18)19-7-11)14(22)13(21)8-20-16(23)24-9-10-4-2-1-3-5-10/h1-7,13-14,21-22H,8-9H2,(H,20,23). The van der Waals surface area contributed by atoms with E-state index < -0.39 is 24.2 Å². The van der Waals surface area contributed by atoms with E-state index in [2.05, 4.69) is 26.2 Å². The Morgan fingerprint density at radius 2 is 2.04 bits per heavy atom. The van der Waals surface area contributed by atoms with Crippen molar-refractivity contribution >= 4 is 22.0 Å². The van der Waals surface area contributed by atoms with Crippen molar-refractivity contribution in [1.29, 1.82) is 0 Å². The maximum atomic E-state index is 13.6. The maximum Gasteiger partial charge on any atom is 0.407 e. The van der Waals surface area contributed by atoms with Crippen molar-refractivity contribution in [3.05, 3.63) is 64.1 Å². The molecule has 8 heteroatoms. The number of halogens is 2. The zero-order valence-corrected chi connectivity index (χ0v) is 14.1. The summed E-state index contributed by atoms with van der Waals surface area (Å²) in [5.41, 5.74) is 0.645. The number of rotatable bonds is 6. The van der Waals surface area contributed by atoms with Crippen molar-refractivity contribution in [2.24, 2.45) is 0 Å². The number of benzene rings is 1. The second-order valence-corrected chi connectivity index (χ2v) is 5.90. The van der Waals surface area contributed by atoms with E-state index in [9.17, 15) is 19.4 Å². The number of alkyl carbamates (subject to hydrolysis) is 1. The largest absolute Gasteiger partial charge is 0.445 e. The lowest BCUT2D eigenvalue weighted by molar-refractivity contribution is 0.0159. The average Bonchev–Trinajstić information content (AvgIpc) is 2.60. The van der Waals surface area contributed by atoms with E-state index in [0.717, 1.165) is 5.56 Å². The number of aliphatic hydroxyl groups is 2. The summed E-state index contributed by atoms with van der Waals surface area (Å²) in [5.74, 6) is -0.892. The van der Waals surface area contributed by atoms with E-state index in [1.807, 2.05) is 18.2 Å². The molecule has 6 nitrogen and oxygen atoms in total. The third-order valence-electron chi connectivity index (χ3n) is 3.18. The van der Waals surface area contributed by atoms with Crippen molar-refractivity contribution in [2.45, 2.75) is 18.8 Å². The molecule has 24 heavy (non-hydrogen) atoms. The van der Waals surface area contributed by atoms with Crippen LogP contribution in [0.3, 0.4) is 0 Å². The van der Waals surface area contributed by atoms with Crippen LogP contribution >= 0.6 is 15.9 Å². The van der Waals surface area contributed by atoms with Crippen molar-refractivity contribution in [3.63, 3.8) is 0 Å². The number of carbonyl (C=O) groups is 1. The molecule has 0 spiro atoms. The highest BCUT2D eigenvalue weighted by Crippen LogP contribution is 2.22. The van der Waals surface area contributed by atoms with Crippen LogP contribution in [-0.4, -0.2) is 33.9 Å². The summed E-state index contributed by atoms with van der Waals surface area (Å²) in [6.07, 6.45) is -2.47. The molecule has 0 saturated heterocycles. The van der Waals surface area contributed by atoms with Gasteiger partial charge in [-0.2, -0.15) is 4.39 Å². The van der Waals surface area contributed by atoms with E-state index in [0.29, 0.717) is 4.47 Å². The Labute approximate surface area is 146 Å². The first-order valence-corrected chi connectivity index (χ1v) is 7.88. The van der Waals surface area contributed by atoms with Gasteiger partial charge in [-0.1, -0.05) is 30.3 Å². The van der Waals surface area contributed by atoms with Crippen molar-refractivity contribution < 1.29 is 24.1 Å². The average molecular weight is 399 g/mol. The Morgan fingerprint density at radius 3 is 2.75 bits per heavy atom. The van der Waals surface area contributed by atoms with Crippen molar-refractivity contribution in [1.82, 2.24) is 10.3 Å². The number of nitrogens with zero attached hydrogens (tertiary/aromatic N) is 1. The Bertz CT molecular complexity index is 687. The second kappa shape index (κ2) is 8.72. The molecule has 1 heterocycles. The Balaban J connectivity index is 1.82. The summed E-state index contributed by atoms with van der Waals surface area (Å²) >= 11 is 3.11. The molecule has 2 unspecified atom stereocenters. The number of aliphatic hydroxyl groups excluding tert-OH is 2. The minimum Gasteiger partial charge on any atom is -0.445 e. The van der Waals surface area contributed by atoms with Gasteiger partial charge in [0, 0.05) is 22.8 Å². The SMILES string of the molecule is O=C(NCC(O)C(O)c1cc(Br)cnc1F)OCc1ccccc1. The van der Waals surface area contributed by atoms with Gasteiger partial charge in [0.2, 0.25) is 5.95 Å². The predicted octanol–water partition coefficient (Wildman–Crippen LogP) is 2.30. The van der Waals surface area contributed by atoms with Crippen LogP contribution in [0.4, 0.5) is 9.18 Å². The number of ether oxygens (including phenoxy) is 1. The smallest absolute Gasteiger partial charge is 0.407 e. The molecule has 3 N–H and O–H groups in total. The molecule has 2 rings (SSSR count). The molecule has 1 aromatic heterocycles. The number of carbonyl (C=O) groups excluding carboxylic acids is 1.